The van der Waals surface area contributed by atoms with Gasteiger partial charge >= 0.3 is 0 Å². The predicted molar refractivity (Wildman–Crippen MR) is 116 cm³/mol. The van der Waals surface area contributed by atoms with Crippen LogP contribution in [0.4, 0.5) is 5.69 Å². The molecule has 0 spiro atoms. The molecule has 1 aromatic carbocycles. The van der Waals surface area contributed by atoms with Crippen LogP contribution in [0.5, 0.6) is 5.75 Å². The number of benzene rings is 1. The van der Waals surface area contributed by atoms with E-state index < -0.39 is 0 Å². The third-order valence-corrected chi connectivity index (χ3v) is 6.01. The Balaban J connectivity index is 1.46. The van der Waals surface area contributed by atoms with E-state index in [-0.39, 0.29) is 24.1 Å². The summed E-state index contributed by atoms with van der Waals surface area (Å²) in [6.45, 7) is 1.78. The molecule has 1 aliphatic rings. The number of carbonyl (C=O) groups excluding carboxylic acids is 2. The Morgan fingerprint density at radius 2 is 2.00 bits per heavy atom. The van der Waals surface area contributed by atoms with E-state index in [1.807, 2.05) is 19.1 Å². The lowest BCUT2D eigenvalue weighted by Crippen LogP contribution is -2.34. The van der Waals surface area contributed by atoms with Crippen LogP contribution in [0.3, 0.4) is 0 Å². The first-order valence-electron chi connectivity index (χ1n) is 10.0. The van der Waals surface area contributed by atoms with Gasteiger partial charge in [0.15, 0.2) is 5.82 Å². The van der Waals surface area contributed by atoms with Crippen molar-refractivity contribution in [2.24, 2.45) is 0 Å². The molecule has 9 nitrogen and oxygen atoms in total. The summed E-state index contributed by atoms with van der Waals surface area (Å²) in [4.78, 5) is 24.3. The second-order valence-corrected chi connectivity index (χ2v) is 8.31. The highest BCUT2D eigenvalue weighted by Gasteiger charge is 2.23. The highest BCUT2D eigenvalue weighted by molar-refractivity contribution is 7.99. The van der Waals surface area contributed by atoms with Gasteiger partial charge in [-0.1, -0.05) is 37.1 Å². The van der Waals surface area contributed by atoms with Crippen LogP contribution in [-0.4, -0.2) is 46.1 Å². The minimum Gasteiger partial charge on any atom is -0.495 e. The number of nitrogen functional groups attached to an aromatic ring is 1. The maximum absolute atomic E-state index is 12.2. The highest BCUT2D eigenvalue weighted by Crippen LogP contribution is 2.32. The van der Waals surface area contributed by atoms with E-state index >= 15 is 0 Å². The Labute approximate surface area is 180 Å². The summed E-state index contributed by atoms with van der Waals surface area (Å²) < 4.78 is 6.73. The summed E-state index contributed by atoms with van der Waals surface area (Å²) >= 11 is 1.20. The molecule has 2 aromatic rings. The first-order valence-corrected chi connectivity index (χ1v) is 11.0. The van der Waals surface area contributed by atoms with E-state index in [9.17, 15) is 9.59 Å². The van der Waals surface area contributed by atoms with Crippen LogP contribution in [0, 0.1) is 6.92 Å². The molecule has 0 unspecified atom stereocenters. The van der Waals surface area contributed by atoms with Gasteiger partial charge in [0, 0.05) is 5.92 Å². The normalized spacial score (nSPS) is 14.3. The summed E-state index contributed by atoms with van der Waals surface area (Å²) in [5.41, 5.74) is 1.56. The van der Waals surface area contributed by atoms with Crippen molar-refractivity contribution in [3.63, 3.8) is 0 Å². The molecule has 1 saturated carbocycles. The molecule has 3 rings (SSSR count). The molecule has 0 aliphatic heterocycles. The number of thioether (sulfide) groups is 1. The van der Waals surface area contributed by atoms with Crippen molar-refractivity contribution < 1.29 is 14.3 Å². The zero-order valence-corrected chi connectivity index (χ0v) is 18.1. The van der Waals surface area contributed by atoms with Gasteiger partial charge in [-0.2, -0.15) is 0 Å². The minimum atomic E-state index is -0.334. The number of amides is 2. The van der Waals surface area contributed by atoms with Crippen LogP contribution in [-0.2, 0) is 9.59 Å². The first-order chi connectivity index (χ1) is 14.5. The molecule has 10 heteroatoms. The maximum atomic E-state index is 12.2. The fourth-order valence-corrected chi connectivity index (χ4v) is 4.19. The predicted octanol–water partition coefficient (Wildman–Crippen LogP) is 2.20. The van der Waals surface area contributed by atoms with Gasteiger partial charge in [-0.25, -0.2) is 4.68 Å². The zero-order valence-electron chi connectivity index (χ0n) is 17.3. The van der Waals surface area contributed by atoms with Crippen LogP contribution in [0.1, 0.15) is 49.4 Å². The number of nitrogens with zero attached hydrogens (tertiary/aromatic N) is 3. The van der Waals surface area contributed by atoms with Crippen molar-refractivity contribution in [1.82, 2.24) is 20.2 Å². The average Bonchev–Trinajstić information content (AvgIpc) is 3.12. The van der Waals surface area contributed by atoms with Crippen LogP contribution in [0.15, 0.2) is 23.4 Å². The van der Waals surface area contributed by atoms with Crippen LogP contribution in [0.25, 0.3) is 0 Å². The highest BCUT2D eigenvalue weighted by atomic mass is 32.2. The number of methoxy groups -OCH3 is 1. The van der Waals surface area contributed by atoms with Gasteiger partial charge in [0.2, 0.25) is 17.0 Å². The number of ether oxygens (including phenoxy) is 1. The monoisotopic (exact) mass is 432 g/mol. The first kappa shape index (κ1) is 21.9. The number of nitrogens with one attached hydrogen (secondary N) is 2. The molecule has 0 radical (unpaired) electrons. The number of aromatic nitrogens is 3. The van der Waals surface area contributed by atoms with Gasteiger partial charge in [-0.05, 0) is 37.5 Å². The van der Waals surface area contributed by atoms with Crippen LogP contribution >= 0.6 is 11.8 Å². The molecule has 162 valence electrons. The molecule has 0 bridgehead atoms. The Morgan fingerprint density at radius 3 is 2.73 bits per heavy atom. The molecule has 30 heavy (non-hydrogen) atoms. The molecular formula is C20H28N6O3S. The van der Waals surface area contributed by atoms with E-state index in [2.05, 4.69) is 20.8 Å². The smallest absolute Gasteiger partial charge is 0.243 e. The average molecular weight is 433 g/mol. The van der Waals surface area contributed by atoms with Crippen molar-refractivity contribution in [2.75, 3.05) is 30.6 Å². The minimum absolute atomic E-state index is 0.0983. The van der Waals surface area contributed by atoms with Gasteiger partial charge in [0.05, 0.1) is 25.1 Å². The lowest BCUT2D eigenvalue weighted by Gasteiger charge is -2.20. The van der Waals surface area contributed by atoms with Gasteiger partial charge in [0.25, 0.3) is 0 Å². The standard InChI is InChI=1S/C20H28N6O3S/c1-13-8-9-16(29-2)15(10-13)23-17(27)11-22-18(28)12-30-20-25-24-19(26(20)21)14-6-4-3-5-7-14/h8-10,14H,3-7,11-12,21H2,1-2H3,(H,22,28)(H,23,27). The van der Waals surface area contributed by atoms with Crippen molar-refractivity contribution in [1.29, 1.82) is 0 Å². The largest absolute Gasteiger partial charge is 0.495 e. The van der Waals surface area contributed by atoms with Gasteiger partial charge in [-0.15, -0.1) is 10.2 Å². The van der Waals surface area contributed by atoms with Crippen molar-refractivity contribution in [2.45, 2.75) is 50.1 Å². The fourth-order valence-electron chi connectivity index (χ4n) is 3.50. The van der Waals surface area contributed by atoms with Crippen molar-refractivity contribution >= 4 is 29.3 Å². The van der Waals surface area contributed by atoms with Crippen LogP contribution < -0.4 is 21.2 Å². The molecule has 0 saturated heterocycles. The number of carbonyl (C=O) groups is 2. The number of nitrogens with two attached hydrogens (primary N) is 1. The van der Waals surface area contributed by atoms with E-state index in [4.69, 9.17) is 10.6 Å². The number of aryl methyl sites for hydroxylation is 1. The SMILES string of the molecule is COc1ccc(C)cc1NC(=O)CNC(=O)CSc1nnc(C2CCCCC2)n1N. The van der Waals surface area contributed by atoms with E-state index in [1.54, 1.807) is 6.07 Å². The summed E-state index contributed by atoms with van der Waals surface area (Å²) in [6.07, 6.45) is 5.75. The van der Waals surface area contributed by atoms with Gasteiger partial charge in [0.1, 0.15) is 5.75 Å². The summed E-state index contributed by atoms with van der Waals surface area (Å²) in [5, 5.41) is 14.2. The Bertz CT molecular complexity index is 895. The third kappa shape index (κ3) is 5.65. The second kappa shape index (κ2) is 10.3. The Kier molecular flexibility index (Phi) is 7.56. The molecule has 0 atom stereocenters. The molecular weight excluding hydrogens is 404 g/mol. The van der Waals surface area contributed by atoms with Crippen LogP contribution in [0.2, 0.25) is 0 Å². The van der Waals surface area contributed by atoms with Crippen molar-refractivity contribution in [3.05, 3.63) is 29.6 Å². The van der Waals surface area contributed by atoms with E-state index in [0.717, 1.165) is 24.2 Å². The second-order valence-electron chi connectivity index (χ2n) is 7.36. The number of hydrogen-bond donors (Lipinski definition) is 3. The number of hydrogen-bond acceptors (Lipinski definition) is 7. The molecule has 1 fully saturated rings. The zero-order chi connectivity index (χ0) is 21.5. The number of rotatable bonds is 8. The van der Waals surface area contributed by atoms with Gasteiger partial charge < -0.3 is 21.2 Å². The molecule has 1 aromatic heterocycles. The topological polar surface area (TPSA) is 124 Å². The quantitative estimate of drug-likeness (QED) is 0.431. The molecule has 1 aliphatic carbocycles. The Morgan fingerprint density at radius 1 is 1.23 bits per heavy atom. The molecule has 2 amide bonds. The fraction of sp³-hybridized carbons (Fsp3) is 0.500. The van der Waals surface area contributed by atoms with Gasteiger partial charge in [-0.3, -0.25) is 9.59 Å². The molecule has 4 N–H and O–H groups in total. The summed E-state index contributed by atoms with van der Waals surface area (Å²) in [7, 11) is 1.54. The van der Waals surface area contributed by atoms with E-state index in [1.165, 1.54) is 42.8 Å². The maximum Gasteiger partial charge on any atom is 0.243 e. The molecule has 1 heterocycles. The van der Waals surface area contributed by atoms with E-state index in [0.29, 0.717) is 22.5 Å². The third-order valence-electron chi connectivity index (χ3n) is 5.07. The lowest BCUT2D eigenvalue weighted by molar-refractivity contribution is -0.122. The lowest BCUT2D eigenvalue weighted by atomic mass is 9.89. The number of anilines is 1. The summed E-state index contributed by atoms with van der Waals surface area (Å²) in [5.74, 6) is 7.29. The van der Waals surface area contributed by atoms with Crippen molar-refractivity contribution in [3.8, 4) is 5.75 Å². The summed E-state index contributed by atoms with van der Waals surface area (Å²) in [6, 6.07) is 5.49. The Hall–Kier alpha value is -2.75.